The Morgan fingerprint density at radius 3 is 2.26 bits per heavy atom. The summed E-state index contributed by atoms with van der Waals surface area (Å²) >= 11 is 0. The van der Waals surface area contributed by atoms with Gasteiger partial charge in [-0.2, -0.15) is 0 Å². The highest BCUT2D eigenvalue weighted by Gasteiger charge is 2.23. The number of carbonyl (C=O) groups is 3. The van der Waals surface area contributed by atoms with Gasteiger partial charge in [0, 0.05) is 26.1 Å². The van der Waals surface area contributed by atoms with Crippen molar-refractivity contribution in [2.24, 2.45) is 10.3 Å². The average Bonchev–Trinajstić information content (AvgIpc) is 2.64. The summed E-state index contributed by atoms with van der Waals surface area (Å²) < 4.78 is 9.82. The van der Waals surface area contributed by atoms with Crippen LogP contribution >= 0.6 is 0 Å². The Bertz CT molecular complexity index is 658. The van der Waals surface area contributed by atoms with Crippen LogP contribution in [0.4, 0.5) is 5.69 Å². The molecular weight excluding hydrogens is 352 g/mol. The van der Waals surface area contributed by atoms with Gasteiger partial charge in [-0.25, -0.2) is 4.79 Å². The van der Waals surface area contributed by atoms with Crippen LogP contribution in [0.25, 0.3) is 0 Å². The summed E-state index contributed by atoms with van der Waals surface area (Å²) in [7, 11) is 3.49. The number of rotatable bonds is 10. The summed E-state index contributed by atoms with van der Waals surface area (Å²) in [4.78, 5) is 36.0. The summed E-state index contributed by atoms with van der Waals surface area (Å²) in [5, 5.41) is 12.0. The molecule has 0 radical (unpaired) electrons. The molecule has 0 aliphatic rings. The summed E-state index contributed by atoms with van der Waals surface area (Å²) in [6.45, 7) is 3.80. The quantitative estimate of drug-likeness (QED) is 0.380. The van der Waals surface area contributed by atoms with Crippen molar-refractivity contribution in [1.82, 2.24) is 10.3 Å². The number of hydrogen-bond donors (Lipinski definition) is 1. The molecule has 0 bridgehead atoms. The van der Waals surface area contributed by atoms with Crippen LogP contribution < -0.4 is 5.32 Å². The Morgan fingerprint density at radius 2 is 1.70 bits per heavy atom. The number of benzene rings is 1. The Hall–Kier alpha value is -2.97. The molecule has 0 aromatic heterocycles. The van der Waals surface area contributed by atoms with Crippen LogP contribution in [0.15, 0.2) is 34.6 Å². The van der Waals surface area contributed by atoms with Crippen molar-refractivity contribution >= 4 is 23.5 Å². The predicted molar refractivity (Wildman–Crippen MR) is 98.4 cm³/mol. The van der Waals surface area contributed by atoms with Gasteiger partial charge >= 0.3 is 11.9 Å². The third-order valence-electron chi connectivity index (χ3n) is 3.29. The number of carbonyl (C=O) groups excluding carboxylic acids is 3. The molecule has 0 fully saturated rings. The van der Waals surface area contributed by atoms with Gasteiger partial charge < -0.3 is 14.8 Å². The van der Waals surface area contributed by atoms with Crippen LogP contribution in [-0.2, 0) is 19.1 Å². The van der Waals surface area contributed by atoms with E-state index in [1.807, 2.05) is 0 Å². The normalized spacial score (nSPS) is 11.7. The third kappa shape index (κ3) is 8.30. The van der Waals surface area contributed by atoms with Crippen molar-refractivity contribution in [2.75, 3.05) is 27.3 Å². The van der Waals surface area contributed by atoms with Crippen LogP contribution in [0.1, 0.15) is 37.0 Å². The van der Waals surface area contributed by atoms with E-state index in [4.69, 9.17) is 9.47 Å². The zero-order chi connectivity index (χ0) is 20.2. The van der Waals surface area contributed by atoms with E-state index in [0.717, 1.165) is 0 Å². The number of ether oxygens (including phenoxy) is 2. The Kier molecular flexibility index (Phi) is 9.49. The number of nitrogens with zero attached hydrogens (tertiary/aromatic N) is 3. The fourth-order valence-electron chi connectivity index (χ4n) is 2.05. The molecule has 0 saturated carbocycles. The molecule has 0 heterocycles. The van der Waals surface area contributed by atoms with Crippen molar-refractivity contribution in [3.63, 3.8) is 0 Å². The smallest absolute Gasteiger partial charge is 0.328 e. The highest BCUT2D eigenvalue weighted by molar-refractivity contribution is 5.97. The van der Waals surface area contributed by atoms with Gasteiger partial charge in [0.1, 0.15) is 6.04 Å². The lowest BCUT2D eigenvalue weighted by molar-refractivity contribution is -0.146. The second-order valence-corrected chi connectivity index (χ2v) is 5.71. The monoisotopic (exact) mass is 378 g/mol. The van der Waals surface area contributed by atoms with Crippen LogP contribution in [-0.4, -0.2) is 56.2 Å². The first-order chi connectivity index (χ1) is 12.9. The van der Waals surface area contributed by atoms with Crippen LogP contribution in [0.5, 0.6) is 0 Å². The van der Waals surface area contributed by atoms with E-state index < -0.39 is 23.9 Å². The largest absolute Gasteiger partial charge is 0.466 e. The molecule has 0 aliphatic carbocycles. The lowest BCUT2D eigenvalue weighted by Crippen LogP contribution is -2.42. The van der Waals surface area contributed by atoms with E-state index in [0.29, 0.717) is 11.3 Å². The second-order valence-electron chi connectivity index (χ2n) is 5.71. The van der Waals surface area contributed by atoms with Gasteiger partial charge in [0.05, 0.1) is 18.9 Å². The average molecular weight is 378 g/mol. The summed E-state index contributed by atoms with van der Waals surface area (Å²) in [5.74, 6) is -1.48. The second kappa shape index (κ2) is 11.6. The molecule has 1 N–H and O–H groups in total. The van der Waals surface area contributed by atoms with Crippen LogP contribution in [0, 0.1) is 0 Å². The van der Waals surface area contributed by atoms with Crippen molar-refractivity contribution in [1.29, 1.82) is 0 Å². The molecular formula is C18H26N4O5. The summed E-state index contributed by atoms with van der Waals surface area (Å²) in [6.07, 6.45) is 0.0972. The number of hydrogen-bond acceptors (Lipinski definition) is 7. The fraction of sp³-hybridized carbons (Fsp3) is 0.500. The van der Waals surface area contributed by atoms with Gasteiger partial charge in [-0.15, -0.1) is 5.11 Å². The van der Waals surface area contributed by atoms with E-state index in [2.05, 4.69) is 15.7 Å². The minimum atomic E-state index is -0.935. The van der Waals surface area contributed by atoms with E-state index in [1.165, 1.54) is 0 Å². The highest BCUT2D eigenvalue weighted by Crippen LogP contribution is 2.14. The minimum Gasteiger partial charge on any atom is -0.466 e. The topological polar surface area (TPSA) is 110 Å². The summed E-state index contributed by atoms with van der Waals surface area (Å²) in [6, 6.07) is 5.49. The molecule has 1 amide bonds. The Morgan fingerprint density at radius 1 is 1.07 bits per heavy atom. The maximum atomic E-state index is 12.4. The zero-order valence-electron chi connectivity index (χ0n) is 16.1. The van der Waals surface area contributed by atoms with E-state index in [9.17, 15) is 14.4 Å². The molecule has 0 saturated heterocycles. The molecule has 9 heteroatoms. The molecule has 1 aromatic carbocycles. The van der Waals surface area contributed by atoms with Gasteiger partial charge in [0.25, 0.3) is 5.91 Å². The first-order valence-electron chi connectivity index (χ1n) is 8.69. The molecule has 0 spiro atoms. The standard InChI is InChI=1S/C18H26N4O5/c1-5-26-16(23)12-11-15(18(25)27-6-2)19-17(24)13-7-9-14(10-8-13)20-21-22(3)4/h7-10,15H,5-6,11-12H2,1-4H3,(H,19,24). The number of esters is 2. The van der Waals surface area contributed by atoms with Crippen molar-refractivity contribution < 1.29 is 23.9 Å². The van der Waals surface area contributed by atoms with E-state index in [1.54, 1.807) is 57.2 Å². The number of nitrogens with one attached hydrogen (secondary N) is 1. The van der Waals surface area contributed by atoms with E-state index in [-0.39, 0.29) is 26.1 Å². The zero-order valence-corrected chi connectivity index (χ0v) is 16.1. The van der Waals surface area contributed by atoms with Gasteiger partial charge in [-0.1, -0.05) is 5.22 Å². The van der Waals surface area contributed by atoms with Crippen molar-refractivity contribution in [3.05, 3.63) is 29.8 Å². The first-order valence-corrected chi connectivity index (χ1v) is 8.69. The molecule has 27 heavy (non-hydrogen) atoms. The molecule has 1 unspecified atom stereocenters. The van der Waals surface area contributed by atoms with Gasteiger partial charge in [0.15, 0.2) is 0 Å². The first kappa shape index (κ1) is 22.1. The Labute approximate surface area is 158 Å². The lowest BCUT2D eigenvalue weighted by Gasteiger charge is -2.17. The lowest BCUT2D eigenvalue weighted by atomic mass is 10.1. The maximum Gasteiger partial charge on any atom is 0.328 e. The van der Waals surface area contributed by atoms with E-state index >= 15 is 0 Å². The van der Waals surface area contributed by atoms with Crippen LogP contribution in [0.3, 0.4) is 0 Å². The molecule has 148 valence electrons. The number of amides is 1. The third-order valence-corrected chi connectivity index (χ3v) is 3.29. The highest BCUT2D eigenvalue weighted by atomic mass is 16.5. The van der Waals surface area contributed by atoms with Crippen molar-refractivity contribution in [3.8, 4) is 0 Å². The molecule has 1 aromatic rings. The SMILES string of the molecule is CCOC(=O)CCC(NC(=O)c1ccc(N=NN(C)C)cc1)C(=O)OCC. The molecule has 0 aliphatic heterocycles. The Balaban J connectivity index is 2.76. The minimum absolute atomic E-state index is 0.00145. The van der Waals surface area contributed by atoms with Gasteiger partial charge in [-0.3, -0.25) is 14.6 Å². The molecule has 9 nitrogen and oxygen atoms in total. The van der Waals surface area contributed by atoms with Crippen LogP contribution in [0.2, 0.25) is 0 Å². The fourth-order valence-corrected chi connectivity index (χ4v) is 2.05. The predicted octanol–water partition coefficient (Wildman–Crippen LogP) is 2.25. The molecule has 1 rings (SSSR count). The molecule has 1 atom stereocenters. The van der Waals surface area contributed by atoms with Gasteiger partial charge in [-0.05, 0) is 44.5 Å². The summed E-state index contributed by atoms with van der Waals surface area (Å²) in [5.41, 5.74) is 0.939. The van der Waals surface area contributed by atoms with Crippen molar-refractivity contribution in [2.45, 2.75) is 32.7 Å². The maximum absolute atomic E-state index is 12.4. The van der Waals surface area contributed by atoms with Gasteiger partial charge in [0.2, 0.25) is 0 Å².